The van der Waals surface area contributed by atoms with Crippen LogP contribution in [0.3, 0.4) is 0 Å². The van der Waals surface area contributed by atoms with Gasteiger partial charge in [-0.1, -0.05) is 25.0 Å². The molecule has 3 N–H and O–H groups in total. The molecule has 3 aromatic rings. The maximum Gasteiger partial charge on any atom is 0.243 e. The molecule has 33 heavy (non-hydrogen) atoms. The van der Waals surface area contributed by atoms with E-state index < -0.39 is 29.8 Å². The first-order valence-corrected chi connectivity index (χ1v) is 10.8. The molecule has 10 heteroatoms. The molecule has 0 radical (unpaired) electrons. The van der Waals surface area contributed by atoms with Gasteiger partial charge in [-0.05, 0) is 24.0 Å². The van der Waals surface area contributed by atoms with Crippen molar-refractivity contribution in [2.75, 3.05) is 5.32 Å². The van der Waals surface area contributed by atoms with E-state index in [9.17, 15) is 19.2 Å². The average molecular weight is 447 g/mol. The number of amides is 2. The third-order valence-corrected chi connectivity index (χ3v) is 6.13. The van der Waals surface area contributed by atoms with Gasteiger partial charge in [0.1, 0.15) is 17.9 Å². The fourth-order valence-electron chi connectivity index (χ4n) is 4.19. The number of nitrogens with one attached hydrogen (secondary N) is 3. The largest absolute Gasteiger partial charge is 0.371 e. The average Bonchev–Trinajstić information content (AvgIpc) is 3.31. The highest BCUT2D eigenvalue weighted by Gasteiger charge is 2.35. The highest BCUT2D eigenvalue weighted by molar-refractivity contribution is 5.92. The van der Waals surface area contributed by atoms with Gasteiger partial charge in [-0.25, -0.2) is 9.37 Å². The Morgan fingerprint density at radius 1 is 1.24 bits per heavy atom. The van der Waals surface area contributed by atoms with Gasteiger partial charge in [-0.2, -0.15) is 5.26 Å². The fourth-order valence-corrected chi connectivity index (χ4v) is 4.19. The van der Waals surface area contributed by atoms with Crippen LogP contribution in [0.5, 0.6) is 0 Å². The Kier molecular flexibility index (Phi) is 5.38. The minimum Gasteiger partial charge on any atom is -0.371 e. The standard InChI is InChI=1S/C23H22FN7O2/c24-16-3-1-2-14-7-18(28-21(14)16)23(33)29-17(6-13-4-5-13)22(32)30-19(8-25)20-11-26-9-15-10-27-12-31(15)20/h1-3,9-13,17-19,28H,4-7H2,(H,29,33)(H,30,32). The van der Waals surface area contributed by atoms with Gasteiger partial charge in [0.2, 0.25) is 11.8 Å². The fraction of sp³-hybridized carbons (Fsp3) is 0.348. The Morgan fingerprint density at radius 3 is 2.82 bits per heavy atom. The monoisotopic (exact) mass is 447 g/mol. The molecular formula is C23H22FN7O2. The van der Waals surface area contributed by atoms with Crippen LogP contribution in [0.4, 0.5) is 10.1 Å². The van der Waals surface area contributed by atoms with Gasteiger partial charge in [0.15, 0.2) is 6.04 Å². The van der Waals surface area contributed by atoms with E-state index in [1.54, 1.807) is 35.3 Å². The topological polar surface area (TPSA) is 124 Å². The second-order valence-corrected chi connectivity index (χ2v) is 8.51. The number of rotatable bonds is 7. The van der Waals surface area contributed by atoms with Crippen molar-refractivity contribution in [1.82, 2.24) is 25.0 Å². The molecular weight excluding hydrogens is 425 g/mol. The van der Waals surface area contributed by atoms with E-state index in [0.29, 0.717) is 35.7 Å². The van der Waals surface area contributed by atoms with Crippen LogP contribution >= 0.6 is 0 Å². The predicted molar refractivity (Wildman–Crippen MR) is 116 cm³/mol. The number of para-hydroxylation sites is 1. The first-order chi connectivity index (χ1) is 16.0. The zero-order valence-electron chi connectivity index (χ0n) is 17.7. The molecule has 0 saturated heterocycles. The summed E-state index contributed by atoms with van der Waals surface area (Å²) in [6, 6.07) is 4.38. The van der Waals surface area contributed by atoms with E-state index in [2.05, 4.69) is 32.0 Å². The van der Waals surface area contributed by atoms with E-state index in [0.717, 1.165) is 18.4 Å². The number of carbonyl (C=O) groups excluding carboxylic acids is 2. The molecule has 9 nitrogen and oxygen atoms in total. The summed E-state index contributed by atoms with van der Waals surface area (Å²) in [6.07, 6.45) is 9.09. The second kappa shape index (κ2) is 8.50. The lowest BCUT2D eigenvalue weighted by atomic mass is 10.1. The Morgan fingerprint density at radius 2 is 2.06 bits per heavy atom. The number of halogens is 1. The normalized spacial score (nSPS) is 18.6. The molecule has 1 saturated carbocycles. The van der Waals surface area contributed by atoms with Crippen LogP contribution in [0.2, 0.25) is 0 Å². The van der Waals surface area contributed by atoms with Crippen LogP contribution in [0.15, 0.2) is 43.1 Å². The quantitative estimate of drug-likeness (QED) is 0.508. The first-order valence-electron chi connectivity index (χ1n) is 10.8. The van der Waals surface area contributed by atoms with Gasteiger partial charge < -0.3 is 16.0 Å². The van der Waals surface area contributed by atoms with Crippen LogP contribution in [0.25, 0.3) is 5.52 Å². The lowest BCUT2D eigenvalue weighted by molar-refractivity contribution is -0.129. The van der Waals surface area contributed by atoms with Crippen molar-refractivity contribution in [3.63, 3.8) is 0 Å². The minimum absolute atomic E-state index is 0.325. The number of nitriles is 1. The van der Waals surface area contributed by atoms with Crippen LogP contribution in [0, 0.1) is 23.1 Å². The zero-order valence-corrected chi connectivity index (χ0v) is 17.7. The van der Waals surface area contributed by atoms with Gasteiger partial charge in [0.25, 0.3) is 0 Å². The van der Waals surface area contributed by atoms with Crippen molar-refractivity contribution < 1.29 is 14.0 Å². The molecule has 1 fully saturated rings. The summed E-state index contributed by atoms with van der Waals surface area (Å²) >= 11 is 0. The Labute approximate surface area is 189 Å². The van der Waals surface area contributed by atoms with Crippen LogP contribution < -0.4 is 16.0 Å². The molecule has 3 unspecified atom stereocenters. The molecule has 2 aliphatic rings. The van der Waals surface area contributed by atoms with E-state index in [1.165, 1.54) is 12.3 Å². The molecule has 168 valence electrons. The summed E-state index contributed by atoms with van der Waals surface area (Å²) in [6.45, 7) is 0. The van der Waals surface area contributed by atoms with Crippen LogP contribution in [0.1, 0.15) is 36.6 Å². The Balaban J connectivity index is 1.30. The first kappa shape index (κ1) is 20.9. The number of aromatic nitrogens is 3. The molecule has 2 aromatic heterocycles. The van der Waals surface area contributed by atoms with Crippen molar-refractivity contribution in [1.29, 1.82) is 5.26 Å². The maximum atomic E-state index is 14.0. The third-order valence-electron chi connectivity index (χ3n) is 6.13. The Hall–Kier alpha value is -4.00. The number of imidazole rings is 1. The number of hydrogen-bond donors (Lipinski definition) is 3. The SMILES string of the molecule is N#CC(NC(=O)C(CC1CC1)NC(=O)C1Cc2cccc(F)c2N1)c1cncc2cncn12. The second-order valence-electron chi connectivity index (χ2n) is 8.51. The summed E-state index contributed by atoms with van der Waals surface area (Å²) < 4.78 is 15.7. The molecule has 3 heterocycles. The molecule has 0 bridgehead atoms. The molecule has 0 spiro atoms. The molecule has 3 atom stereocenters. The number of anilines is 1. The summed E-state index contributed by atoms with van der Waals surface area (Å²) in [7, 11) is 0. The number of hydrogen-bond acceptors (Lipinski definition) is 6. The van der Waals surface area contributed by atoms with E-state index >= 15 is 0 Å². The number of nitrogens with zero attached hydrogens (tertiary/aromatic N) is 4. The van der Waals surface area contributed by atoms with Gasteiger partial charge in [0, 0.05) is 6.42 Å². The lowest BCUT2D eigenvalue weighted by Crippen LogP contribution is -2.51. The van der Waals surface area contributed by atoms with Gasteiger partial charge in [0.05, 0.1) is 47.9 Å². The molecule has 2 amide bonds. The summed E-state index contributed by atoms with van der Waals surface area (Å²) in [4.78, 5) is 34.3. The van der Waals surface area contributed by atoms with Crippen molar-refractivity contribution in [3.05, 3.63) is 60.2 Å². The summed E-state index contributed by atoms with van der Waals surface area (Å²) in [5.41, 5.74) is 2.22. The van der Waals surface area contributed by atoms with Crippen molar-refractivity contribution in [3.8, 4) is 6.07 Å². The van der Waals surface area contributed by atoms with E-state index in [4.69, 9.17) is 0 Å². The summed E-state index contributed by atoms with van der Waals surface area (Å²) in [5, 5.41) is 18.2. The third kappa shape index (κ3) is 4.22. The van der Waals surface area contributed by atoms with Gasteiger partial charge >= 0.3 is 0 Å². The molecule has 5 rings (SSSR count). The molecule has 1 aliphatic carbocycles. The van der Waals surface area contributed by atoms with Crippen molar-refractivity contribution in [2.45, 2.75) is 43.8 Å². The minimum atomic E-state index is -0.968. The highest BCUT2D eigenvalue weighted by atomic mass is 19.1. The maximum absolute atomic E-state index is 14.0. The Bertz CT molecular complexity index is 1260. The molecule has 1 aliphatic heterocycles. The van der Waals surface area contributed by atoms with Crippen LogP contribution in [-0.2, 0) is 16.0 Å². The number of carbonyl (C=O) groups is 2. The zero-order chi connectivity index (χ0) is 22.9. The van der Waals surface area contributed by atoms with Crippen molar-refractivity contribution >= 4 is 23.0 Å². The smallest absolute Gasteiger partial charge is 0.243 e. The predicted octanol–water partition coefficient (Wildman–Crippen LogP) is 1.87. The number of benzene rings is 1. The summed E-state index contributed by atoms with van der Waals surface area (Å²) in [5.74, 6) is -0.875. The lowest BCUT2D eigenvalue weighted by Gasteiger charge is -2.22. The van der Waals surface area contributed by atoms with E-state index in [-0.39, 0.29) is 5.91 Å². The highest BCUT2D eigenvalue weighted by Crippen LogP contribution is 2.34. The number of fused-ring (bicyclic) bond motifs is 2. The van der Waals surface area contributed by atoms with Gasteiger partial charge in [-0.15, -0.1) is 0 Å². The van der Waals surface area contributed by atoms with Crippen molar-refractivity contribution in [2.24, 2.45) is 5.92 Å². The van der Waals surface area contributed by atoms with Crippen LogP contribution in [-0.4, -0.2) is 38.3 Å². The van der Waals surface area contributed by atoms with Gasteiger partial charge in [-0.3, -0.25) is 19.0 Å². The molecule has 1 aromatic carbocycles. The van der Waals surface area contributed by atoms with E-state index in [1.807, 2.05) is 0 Å².